The van der Waals surface area contributed by atoms with Gasteiger partial charge in [-0.15, -0.1) is 0 Å². The van der Waals surface area contributed by atoms with E-state index in [9.17, 15) is 26.5 Å². The number of para-hydroxylation sites is 1. The Balaban J connectivity index is 1.66. The van der Waals surface area contributed by atoms with Crippen molar-refractivity contribution in [1.82, 2.24) is 0 Å². The van der Waals surface area contributed by atoms with Crippen molar-refractivity contribution in [1.29, 1.82) is 0 Å². The summed E-state index contributed by atoms with van der Waals surface area (Å²) in [6.45, 7) is -1.91. The molecule has 3 aromatic rings. The van der Waals surface area contributed by atoms with Crippen LogP contribution in [-0.4, -0.2) is 44.7 Å². The van der Waals surface area contributed by atoms with E-state index in [4.69, 9.17) is 14.2 Å². The van der Waals surface area contributed by atoms with Crippen molar-refractivity contribution in [3.8, 4) is 5.75 Å². The Labute approximate surface area is 212 Å². The van der Waals surface area contributed by atoms with Crippen LogP contribution in [0.1, 0.15) is 45.6 Å². The molecule has 10 heteroatoms. The lowest BCUT2D eigenvalue weighted by atomic mass is 9.53. The Morgan fingerprint density at radius 2 is 1.35 bits per heavy atom. The summed E-state index contributed by atoms with van der Waals surface area (Å²) in [7, 11) is -4.54. The summed E-state index contributed by atoms with van der Waals surface area (Å²) in [5.74, 6) is -3.04. The average molecular weight is 530 g/mol. The summed E-state index contributed by atoms with van der Waals surface area (Å²) >= 11 is 0. The maximum absolute atomic E-state index is 13.9. The minimum Gasteiger partial charge on any atom is -0.743 e. The third-order valence-corrected chi connectivity index (χ3v) is 7.92. The third kappa shape index (κ3) is 4.28. The lowest BCUT2D eigenvalue weighted by Gasteiger charge is -2.50. The smallest absolute Gasteiger partial charge is 0.367 e. The van der Waals surface area contributed by atoms with Crippen LogP contribution in [0.3, 0.4) is 0 Å². The van der Waals surface area contributed by atoms with E-state index in [-0.39, 0.29) is 12.7 Å². The van der Waals surface area contributed by atoms with Crippen LogP contribution in [0.5, 0.6) is 5.75 Å². The van der Waals surface area contributed by atoms with Gasteiger partial charge in [0.25, 0.3) is 0 Å². The number of rotatable bonds is 8. The van der Waals surface area contributed by atoms with Gasteiger partial charge in [0.1, 0.15) is 5.75 Å². The number of hydrogen-bond acceptors (Lipinski definition) is 7. The molecule has 0 N–H and O–H groups in total. The molecule has 2 bridgehead atoms. The van der Waals surface area contributed by atoms with Crippen molar-refractivity contribution < 1.29 is 40.8 Å². The Kier molecular flexibility index (Phi) is 6.51. The summed E-state index contributed by atoms with van der Waals surface area (Å²) in [4.78, 5) is 13.6. The van der Waals surface area contributed by atoms with E-state index in [1.54, 1.807) is 24.3 Å². The van der Waals surface area contributed by atoms with Crippen LogP contribution in [0, 0.1) is 5.92 Å². The molecule has 3 aliphatic carbocycles. The number of fused-ring (bicyclic) bond motifs is 1. The molecule has 2 atom stereocenters. The van der Waals surface area contributed by atoms with Crippen LogP contribution in [0.25, 0.3) is 0 Å². The summed E-state index contributed by atoms with van der Waals surface area (Å²) < 4.78 is 76.6. The molecular formula is C27H23F2O7S-. The largest absolute Gasteiger partial charge is 0.743 e. The molecule has 0 amide bonds. The molecule has 0 heterocycles. The van der Waals surface area contributed by atoms with Crippen LogP contribution in [0.2, 0.25) is 0 Å². The molecular weight excluding hydrogens is 506 g/mol. The molecule has 6 rings (SSSR count). The molecule has 194 valence electrons. The van der Waals surface area contributed by atoms with E-state index in [0.29, 0.717) is 11.3 Å². The van der Waals surface area contributed by atoms with Crippen LogP contribution in [-0.2, 0) is 24.4 Å². The average Bonchev–Trinajstić information content (AvgIpc) is 2.89. The van der Waals surface area contributed by atoms with Crippen molar-refractivity contribution in [2.24, 2.45) is 5.92 Å². The SMILES string of the molecule is COCOc1ccccc1C1C2c3ccccc3C(c3ccccc32)C1C(=O)OCC(F)(F)S(=O)(=O)[O-]. The fraction of sp³-hybridized carbons (Fsp3) is 0.296. The maximum Gasteiger partial charge on any atom is 0.367 e. The minimum atomic E-state index is -6.01. The predicted molar refractivity (Wildman–Crippen MR) is 127 cm³/mol. The molecule has 0 saturated heterocycles. The number of esters is 1. The highest BCUT2D eigenvalue weighted by Gasteiger charge is 2.54. The highest BCUT2D eigenvalue weighted by molar-refractivity contribution is 7.86. The number of carbonyl (C=O) groups is 1. The molecule has 0 spiro atoms. The van der Waals surface area contributed by atoms with Gasteiger partial charge in [-0.3, -0.25) is 4.79 Å². The molecule has 2 unspecified atom stereocenters. The normalized spacial score (nSPS) is 22.2. The molecule has 3 aromatic carbocycles. The standard InChI is InChI=1S/C27H24F2O7S/c1-34-15-36-21-13-7-6-12-20(21)24-22-16-8-2-4-10-18(16)23(19-11-5-3-9-17(19)22)25(24)26(30)35-14-27(28,29)37(31,32)33/h2-13,22-25H,14-15H2,1H3,(H,31,32,33)/p-1. The number of ether oxygens (including phenoxy) is 3. The van der Waals surface area contributed by atoms with E-state index in [1.165, 1.54) is 7.11 Å². The van der Waals surface area contributed by atoms with Crippen LogP contribution >= 0.6 is 0 Å². The van der Waals surface area contributed by atoms with Gasteiger partial charge in [0.2, 0.25) is 0 Å². The number of benzene rings is 3. The van der Waals surface area contributed by atoms with Gasteiger partial charge < -0.3 is 18.8 Å². The molecule has 0 aliphatic heterocycles. The molecule has 0 radical (unpaired) electrons. The molecule has 0 saturated carbocycles. The van der Waals surface area contributed by atoms with E-state index in [1.807, 2.05) is 48.5 Å². The lowest BCUT2D eigenvalue weighted by molar-refractivity contribution is -0.156. The van der Waals surface area contributed by atoms with Crippen molar-refractivity contribution in [2.45, 2.75) is 23.0 Å². The first-order chi connectivity index (χ1) is 17.7. The summed E-state index contributed by atoms with van der Waals surface area (Å²) in [5, 5.41) is -4.75. The second-order valence-corrected chi connectivity index (χ2v) is 10.6. The maximum atomic E-state index is 13.9. The Morgan fingerprint density at radius 3 is 1.86 bits per heavy atom. The predicted octanol–water partition coefficient (Wildman–Crippen LogP) is 4.34. The minimum absolute atomic E-state index is 0.0479. The summed E-state index contributed by atoms with van der Waals surface area (Å²) in [6, 6.07) is 22.3. The Morgan fingerprint density at radius 1 is 0.865 bits per heavy atom. The van der Waals surface area contributed by atoms with Crippen molar-refractivity contribution >= 4 is 16.1 Å². The number of alkyl halides is 2. The van der Waals surface area contributed by atoms with Gasteiger partial charge >= 0.3 is 11.2 Å². The van der Waals surface area contributed by atoms with Gasteiger partial charge in [-0.1, -0.05) is 66.7 Å². The summed E-state index contributed by atoms with van der Waals surface area (Å²) in [5.41, 5.74) is 4.37. The van der Waals surface area contributed by atoms with Gasteiger partial charge in [0, 0.05) is 24.9 Å². The first-order valence-corrected chi connectivity index (χ1v) is 12.9. The topological polar surface area (TPSA) is 102 Å². The van der Waals surface area contributed by atoms with E-state index in [0.717, 1.165) is 22.3 Å². The van der Waals surface area contributed by atoms with Gasteiger partial charge in [0.05, 0.1) is 5.92 Å². The zero-order chi connectivity index (χ0) is 26.4. The third-order valence-electron chi connectivity index (χ3n) is 7.07. The highest BCUT2D eigenvalue weighted by atomic mass is 32.2. The van der Waals surface area contributed by atoms with Gasteiger partial charge in [-0.05, 0) is 33.9 Å². The molecule has 7 nitrogen and oxygen atoms in total. The number of hydrogen-bond donors (Lipinski definition) is 0. The van der Waals surface area contributed by atoms with E-state index < -0.39 is 45.7 Å². The molecule has 0 aromatic heterocycles. The van der Waals surface area contributed by atoms with Crippen molar-refractivity contribution in [2.75, 3.05) is 20.5 Å². The zero-order valence-electron chi connectivity index (χ0n) is 19.7. The lowest BCUT2D eigenvalue weighted by Crippen LogP contribution is -2.44. The fourth-order valence-corrected chi connectivity index (χ4v) is 5.87. The second kappa shape index (κ2) is 9.51. The highest BCUT2D eigenvalue weighted by Crippen LogP contribution is 2.62. The molecule has 3 aliphatic rings. The first-order valence-electron chi connectivity index (χ1n) is 11.5. The number of carbonyl (C=O) groups excluding carboxylic acids is 1. The number of methoxy groups -OCH3 is 1. The van der Waals surface area contributed by atoms with Crippen LogP contribution in [0.15, 0.2) is 72.8 Å². The zero-order valence-corrected chi connectivity index (χ0v) is 20.5. The first kappa shape index (κ1) is 25.3. The number of halogens is 2. The van der Waals surface area contributed by atoms with Gasteiger partial charge in [0.15, 0.2) is 23.5 Å². The van der Waals surface area contributed by atoms with Crippen LogP contribution in [0.4, 0.5) is 8.78 Å². The van der Waals surface area contributed by atoms with Crippen molar-refractivity contribution in [3.63, 3.8) is 0 Å². The second-order valence-electron chi connectivity index (χ2n) is 9.05. The van der Waals surface area contributed by atoms with E-state index in [2.05, 4.69) is 0 Å². The summed E-state index contributed by atoms with van der Waals surface area (Å²) in [6.07, 6.45) is 0. The van der Waals surface area contributed by atoms with E-state index >= 15 is 0 Å². The van der Waals surface area contributed by atoms with Gasteiger partial charge in [-0.2, -0.15) is 8.78 Å². The Bertz CT molecular complexity index is 1390. The fourth-order valence-electron chi connectivity index (χ4n) is 5.67. The quantitative estimate of drug-likeness (QED) is 0.243. The van der Waals surface area contributed by atoms with Gasteiger partial charge in [-0.25, -0.2) is 8.42 Å². The monoisotopic (exact) mass is 529 g/mol. The Hall–Kier alpha value is -3.34. The molecule has 37 heavy (non-hydrogen) atoms. The molecule has 0 fully saturated rings. The van der Waals surface area contributed by atoms with Crippen molar-refractivity contribution in [3.05, 3.63) is 101 Å². The van der Waals surface area contributed by atoms with Crippen LogP contribution < -0.4 is 4.74 Å².